The van der Waals surface area contributed by atoms with Gasteiger partial charge in [-0.15, -0.1) is 0 Å². The minimum atomic E-state index is -0.0281. The number of hydrogen-bond donors (Lipinski definition) is 2. The Morgan fingerprint density at radius 1 is 1.47 bits per heavy atom. The average molecular weight is 237 g/mol. The van der Waals surface area contributed by atoms with Gasteiger partial charge in [-0.1, -0.05) is 19.3 Å². The third kappa shape index (κ3) is 2.85. The number of amides is 1. The Hall–Kier alpha value is -1.36. The monoisotopic (exact) mass is 237 g/mol. The van der Waals surface area contributed by atoms with Crippen LogP contribution in [0.25, 0.3) is 0 Å². The first-order chi connectivity index (χ1) is 8.33. The van der Waals surface area contributed by atoms with E-state index in [-0.39, 0.29) is 18.6 Å². The summed E-state index contributed by atoms with van der Waals surface area (Å²) in [6.07, 6.45) is 8.83. The molecule has 0 saturated heterocycles. The summed E-state index contributed by atoms with van der Waals surface area (Å²) >= 11 is 0. The normalized spacial score (nSPS) is 17.0. The standard InChI is InChI=1S/C12H19N3O2/c16-7-6-15(11-4-2-1-3-5-11)12(17)10-8-13-14-9-10/h8-9,11,16H,1-7H2,(H,13,14). The van der Waals surface area contributed by atoms with Crippen LogP contribution in [0.1, 0.15) is 42.5 Å². The van der Waals surface area contributed by atoms with Crippen molar-refractivity contribution in [2.24, 2.45) is 0 Å². The van der Waals surface area contributed by atoms with Crippen LogP contribution in [0, 0.1) is 0 Å². The Kier molecular flexibility index (Phi) is 4.14. The number of rotatable bonds is 4. The summed E-state index contributed by atoms with van der Waals surface area (Å²) in [4.78, 5) is 14.0. The van der Waals surface area contributed by atoms with Gasteiger partial charge in [-0.25, -0.2) is 0 Å². The van der Waals surface area contributed by atoms with E-state index in [0.29, 0.717) is 12.1 Å². The van der Waals surface area contributed by atoms with E-state index in [1.54, 1.807) is 11.1 Å². The molecule has 0 atom stereocenters. The van der Waals surface area contributed by atoms with Crippen molar-refractivity contribution in [1.29, 1.82) is 0 Å². The SMILES string of the molecule is O=C(c1cn[nH]c1)N(CCO)C1CCCCC1. The Labute approximate surface area is 101 Å². The number of carbonyl (C=O) groups excluding carboxylic acids is 1. The van der Waals surface area contributed by atoms with Crippen molar-refractivity contribution in [3.05, 3.63) is 18.0 Å². The van der Waals surface area contributed by atoms with E-state index in [0.717, 1.165) is 12.8 Å². The molecule has 94 valence electrons. The van der Waals surface area contributed by atoms with Gasteiger partial charge in [0.15, 0.2) is 0 Å². The van der Waals surface area contributed by atoms with Crippen LogP contribution in [-0.2, 0) is 0 Å². The minimum Gasteiger partial charge on any atom is -0.395 e. The molecule has 5 nitrogen and oxygen atoms in total. The summed E-state index contributed by atoms with van der Waals surface area (Å²) in [5, 5.41) is 15.5. The highest BCUT2D eigenvalue weighted by Gasteiger charge is 2.26. The molecule has 0 unspecified atom stereocenters. The number of aromatic amines is 1. The number of aliphatic hydroxyl groups is 1. The van der Waals surface area contributed by atoms with Gasteiger partial charge in [0.2, 0.25) is 0 Å². The van der Waals surface area contributed by atoms with Crippen LogP contribution in [-0.4, -0.2) is 45.3 Å². The summed E-state index contributed by atoms with van der Waals surface area (Å²) in [7, 11) is 0. The third-order valence-electron chi connectivity index (χ3n) is 3.36. The van der Waals surface area contributed by atoms with Crippen LogP contribution >= 0.6 is 0 Å². The number of nitrogens with one attached hydrogen (secondary N) is 1. The van der Waals surface area contributed by atoms with Crippen LogP contribution < -0.4 is 0 Å². The van der Waals surface area contributed by atoms with Crippen LogP contribution in [0.4, 0.5) is 0 Å². The number of aromatic nitrogens is 2. The van der Waals surface area contributed by atoms with Crippen molar-refractivity contribution < 1.29 is 9.90 Å². The number of aliphatic hydroxyl groups excluding tert-OH is 1. The number of nitrogens with zero attached hydrogens (tertiary/aromatic N) is 2. The van der Waals surface area contributed by atoms with Gasteiger partial charge in [-0.2, -0.15) is 5.10 Å². The van der Waals surface area contributed by atoms with Gasteiger partial charge in [0.1, 0.15) is 0 Å². The third-order valence-corrected chi connectivity index (χ3v) is 3.36. The second-order valence-corrected chi connectivity index (χ2v) is 4.50. The van der Waals surface area contributed by atoms with Crippen molar-refractivity contribution in [2.75, 3.05) is 13.2 Å². The number of hydrogen-bond acceptors (Lipinski definition) is 3. The van der Waals surface area contributed by atoms with E-state index in [2.05, 4.69) is 10.2 Å². The Morgan fingerprint density at radius 2 is 2.24 bits per heavy atom. The van der Waals surface area contributed by atoms with Gasteiger partial charge in [0.05, 0.1) is 18.4 Å². The van der Waals surface area contributed by atoms with E-state index in [1.807, 2.05) is 0 Å². The smallest absolute Gasteiger partial charge is 0.257 e. The molecule has 1 fully saturated rings. The fourth-order valence-corrected chi connectivity index (χ4v) is 2.48. The molecule has 0 spiro atoms. The first-order valence-electron chi connectivity index (χ1n) is 6.23. The lowest BCUT2D eigenvalue weighted by Gasteiger charge is -2.33. The van der Waals surface area contributed by atoms with Crippen molar-refractivity contribution in [1.82, 2.24) is 15.1 Å². The highest BCUT2D eigenvalue weighted by atomic mass is 16.3. The van der Waals surface area contributed by atoms with E-state index in [4.69, 9.17) is 5.11 Å². The van der Waals surface area contributed by atoms with Gasteiger partial charge in [-0.3, -0.25) is 9.89 Å². The van der Waals surface area contributed by atoms with Crippen molar-refractivity contribution in [2.45, 2.75) is 38.1 Å². The summed E-state index contributed by atoms with van der Waals surface area (Å²) in [5.74, 6) is -0.0281. The molecule has 1 heterocycles. The lowest BCUT2D eigenvalue weighted by Crippen LogP contribution is -2.43. The molecule has 2 N–H and O–H groups in total. The molecule has 1 aromatic rings. The predicted molar refractivity (Wildman–Crippen MR) is 63.6 cm³/mol. The number of H-pyrrole nitrogens is 1. The molecule has 1 aliphatic rings. The second kappa shape index (κ2) is 5.82. The highest BCUT2D eigenvalue weighted by Crippen LogP contribution is 2.23. The fourth-order valence-electron chi connectivity index (χ4n) is 2.48. The molecule has 0 aromatic carbocycles. The topological polar surface area (TPSA) is 69.2 Å². The fraction of sp³-hybridized carbons (Fsp3) is 0.667. The van der Waals surface area contributed by atoms with Crippen LogP contribution in [0.3, 0.4) is 0 Å². The van der Waals surface area contributed by atoms with Crippen LogP contribution in [0.15, 0.2) is 12.4 Å². The molecule has 0 bridgehead atoms. The van der Waals surface area contributed by atoms with E-state index >= 15 is 0 Å². The molecule has 0 radical (unpaired) electrons. The highest BCUT2D eigenvalue weighted by molar-refractivity contribution is 5.93. The zero-order valence-electron chi connectivity index (χ0n) is 9.93. The van der Waals surface area contributed by atoms with Crippen LogP contribution in [0.2, 0.25) is 0 Å². The van der Waals surface area contributed by atoms with Crippen molar-refractivity contribution >= 4 is 5.91 Å². The molecule has 17 heavy (non-hydrogen) atoms. The largest absolute Gasteiger partial charge is 0.395 e. The maximum absolute atomic E-state index is 12.2. The van der Waals surface area contributed by atoms with Gasteiger partial charge in [0, 0.05) is 18.8 Å². The Morgan fingerprint density at radius 3 is 2.82 bits per heavy atom. The minimum absolute atomic E-state index is 0.0140. The molecular weight excluding hydrogens is 218 g/mol. The lowest BCUT2D eigenvalue weighted by atomic mass is 9.94. The summed E-state index contributed by atoms with van der Waals surface area (Å²) in [6.45, 7) is 0.425. The molecule has 1 aliphatic carbocycles. The zero-order chi connectivity index (χ0) is 12.1. The zero-order valence-corrected chi connectivity index (χ0v) is 9.93. The lowest BCUT2D eigenvalue weighted by molar-refractivity contribution is 0.0585. The van der Waals surface area contributed by atoms with Crippen LogP contribution in [0.5, 0.6) is 0 Å². The quantitative estimate of drug-likeness (QED) is 0.826. The van der Waals surface area contributed by atoms with Gasteiger partial charge >= 0.3 is 0 Å². The van der Waals surface area contributed by atoms with E-state index in [1.165, 1.54) is 25.5 Å². The first-order valence-corrected chi connectivity index (χ1v) is 6.23. The Balaban J connectivity index is 2.07. The molecule has 0 aliphatic heterocycles. The summed E-state index contributed by atoms with van der Waals surface area (Å²) in [6, 6.07) is 0.276. The number of carbonyl (C=O) groups is 1. The molecule has 1 aromatic heterocycles. The van der Waals surface area contributed by atoms with Crippen molar-refractivity contribution in [3.8, 4) is 0 Å². The van der Waals surface area contributed by atoms with Gasteiger partial charge < -0.3 is 10.0 Å². The molecule has 1 amide bonds. The second-order valence-electron chi connectivity index (χ2n) is 4.50. The predicted octanol–water partition coefficient (Wildman–Crippen LogP) is 1.18. The summed E-state index contributed by atoms with van der Waals surface area (Å²) in [5.41, 5.74) is 0.573. The van der Waals surface area contributed by atoms with Gasteiger partial charge in [0.25, 0.3) is 5.91 Å². The van der Waals surface area contributed by atoms with E-state index in [9.17, 15) is 4.79 Å². The molecule has 5 heteroatoms. The van der Waals surface area contributed by atoms with Crippen molar-refractivity contribution in [3.63, 3.8) is 0 Å². The maximum atomic E-state index is 12.2. The summed E-state index contributed by atoms with van der Waals surface area (Å²) < 4.78 is 0. The maximum Gasteiger partial charge on any atom is 0.257 e. The van der Waals surface area contributed by atoms with Gasteiger partial charge in [-0.05, 0) is 12.8 Å². The first kappa shape index (κ1) is 12.1. The molecule has 2 rings (SSSR count). The molecule has 1 saturated carbocycles. The molecular formula is C12H19N3O2. The average Bonchev–Trinajstić information content (AvgIpc) is 2.90. The van der Waals surface area contributed by atoms with E-state index < -0.39 is 0 Å². The Bertz CT molecular complexity index is 345.